The predicted octanol–water partition coefficient (Wildman–Crippen LogP) is 3.43. The van der Waals surface area contributed by atoms with Crippen molar-refractivity contribution in [3.8, 4) is 11.5 Å². The summed E-state index contributed by atoms with van der Waals surface area (Å²) < 4.78 is 12.2. The highest BCUT2D eigenvalue weighted by Crippen LogP contribution is 2.47. The summed E-state index contributed by atoms with van der Waals surface area (Å²) in [6, 6.07) is 15.8. The average molecular weight is 268 g/mol. The van der Waals surface area contributed by atoms with Crippen LogP contribution in [0.4, 0.5) is 11.4 Å². The zero-order chi connectivity index (χ0) is 13.8. The van der Waals surface area contributed by atoms with Gasteiger partial charge < -0.3 is 20.1 Å². The Balaban J connectivity index is 1.70. The van der Waals surface area contributed by atoms with E-state index in [1.807, 2.05) is 62.4 Å². The lowest BCUT2D eigenvalue weighted by molar-refractivity contribution is -0.0413. The summed E-state index contributed by atoms with van der Waals surface area (Å²) in [5, 5.41) is 6.84. The molecule has 0 saturated heterocycles. The van der Waals surface area contributed by atoms with E-state index >= 15 is 0 Å². The molecule has 0 aromatic heterocycles. The first kappa shape index (κ1) is 11.5. The first-order valence-corrected chi connectivity index (χ1v) is 6.72. The number of hydrogen-bond acceptors (Lipinski definition) is 4. The Labute approximate surface area is 117 Å². The van der Waals surface area contributed by atoms with Crippen LogP contribution < -0.4 is 20.1 Å². The van der Waals surface area contributed by atoms with Crippen LogP contribution in [-0.2, 0) is 0 Å². The van der Waals surface area contributed by atoms with Crippen molar-refractivity contribution in [1.29, 1.82) is 0 Å². The van der Waals surface area contributed by atoms with Crippen molar-refractivity contribution in [2.24, 2.45) is 0 Å². The molecule has 2 atom stereocenters. The summed E-state index contributed by atoms with van der Waals surface area (Å²) in [7, 11) is 0. The SMILES string of the molecule is C[C@@]1([C@]2(C)Nc3ccccc3O2)Nc2ccccc2O1. The van der Waals surface area contributed by atoms with Crippen LogP contribution in [0.2, 0.25) is 0 Å². The van der Waals surface area contributed by atoms with Gasteiger partial charge in [-0.15, -0.1) is 0 Å². The Morgan fingerprint density at radius 3 is 1.50 bits per heavy atom. The lowest BCUT2D eigenvalue weighted by Gasteiger charge is -2.39. The fourth-order valence-corrected chi connectivity index (χ4v) is 2.76. The molecule has 0 radical (unpaired) electrons. The number of hydrogen-bond donors (Lipinski definition) is 2. The van der Waals surface area contributed by atoms with E-state index in [0.717, 1.165) is 22.9 Å². The molecule has 0 amide bonds. The minimum atomic E-state index is -0.685. The topological polar surface area (TPSA) is 42.5 Å². The number of anilines is 2. The fourth-order valence-electron chi connectivity index (χ4n) is 2.76. The largest absolute Gasteiger partial charge is 0.460 e. The summed E-state index contributed by atoms with van der Waals surface area (Å²) >= 11 is 0. The van der Waals surface area contributed by atoms with Crippen LogP contribution in [0, 0.1) is 0 Å². The molecule has 20 heavy (non-hydrogen) atoms. The average Bonchev–Trinajstić information content (AvgIpc) is 2.96. The van der Waals surface area contributed by atoms with E-state index in [1.54, 1.807) is 0 Å². The Hall–Kier alpha value is -2.36. The maximum Gasteiger partial charge on any atom is 0.236 e. The van der Waals surface area contributed by atoms with Gasteiger partial charge in [-0.3, -0.25) is 0 Å². The molecule has 2 aliphatic heterocycles. The van der Waals surface area contributed by atoms with Gasteiger partial charge in [0.05, 0.1) is 11.4 Å². The summed E-state index contributed by atoms with van der Waals surface area (Å²) in [5.41, 5.74) is 0.598. The highest BCUT2D eigenvalue weighted by atomic mass is 16.6. The molecule has 102 valence electrons. The van der Waals surface area contributed by atoms with Gasteiger partial charge in [-0.05, 0) is 24.3 Å². The lowest BCUT2D eigenvalue weighted by atomic mass is 10.0. The van der Waals surface area contributed by atoms with Gasteiger partial charge in [-0.25, -0.2) is 0 Å². The normalized spacial score (nSPS) is 29.5. The number of nitrogens with one attached hydrogen (secondary N) is 2. The fraction of sp³-hybridized carbons (Fsp3) is 0.250. The third kappa shape index (κ3) is 1.42. The van der Waals surface area contributed by atoms with Gasteiger partial charge in [-0.1, -0.05) is 24.3 Å². The smallest absolute Gasteiger partial charge is 0.236 e. The molecule has 2 aromatic rings. The second kappa shape index (κ2) is 3.60. The summed E-state index contributed by atoms with van der Waals surface area (Å²) in [5.74, 6) is 1.69. The first-order valence-electron chi connectivity index (χ1n) is 6.72. The molecule has 0 aliphatic carbocycles. The van der Waals surface area contributed by atoms with E-state index in [-0.39, 0.29) is 0 Å². The number of fused-ring (bicyclic) bond motifs is 2. The van der Waals surface area contributed by atoms with Gasteiger partial charge in [0.1, 0.15) is 11.5 Å². The minimum Gasteiger partial charge on any atom is -0.460 e. The Morgan fingerprint density at radius 2 is 1.10 bits per heavy atom. The number of para-hydroxylation sites is 4. The standard InChI is InChI=1S/C16H16N2O2/c1-15(17-11-7-3-5-9-13(11)19-15)16(2)18-12-8-4-6-10-14(12)20-16/h3-10,17-18H,1-2H3/t15-,16-/m1/s1. The third-order valence-corrected chi connectivity index (χ3v) is 4.06. The predicted molar refractivity (Wildman–Crippen MR) is 78.2 cm³/mol. The van der Waals surface area contributed by atoms with E-state index in [0.29, 0.717) is 0 Å². The van der Waals surface area contributed by atoms with Gasteiger partial charge in [0.25, 0.3) is 0 Å². The van der Waals surface area contributed by atoms with Crippen LogP contribution in [0.15, 0.2) is 48.5 Å². The highest BCUT2D eigenvalue weighted by molar-refractivity contribution is 5.66. The summed E-state index contributed by atoms with van der Waals surface area (Å²) in [6.45, 7) is 3.98. The Morgan fingerprint density at radius 1 is 0.700 bits per heavy atom. The molecule has 4 rings (SSSR count). The van der Waals surface area contributed by atoms with Crippen molar-refractivity contribution >= 4 is 11.4 Å². The molecule has 0 bridgehead atoms. The molecule has 2 aromatic carbocycles. The molecular weight excluding hydrogens is 252 g/mol. The molecule has 0 spiro atoms. The number of benzene rings is 2. The molecule has 4 nitrogen and oxygen atoms in total. The van der Waals surface area contributed by atoms with Gasteiger partial charge >= 0.3 is 0 Å². The molecule has 0 saturated carbocycles. The van der Waals surface area contributed by atoms with E-state index in [9.17, 15) is 0 Å². The van der Waals surface area contributed by atoms with Crippen LogP contribution in [-0.4, -0.2) is 11.4 Å². The molecule has 2 N–H and O–H groups in total. The molecule has 2 aliphatic rings. The molecule has 4 heteroatoms. The Kier molecular flexibility index (Phi) is 2.06. The van der Waals surface area contributed by atoms with Gasteiger partial charge in [0.15, 0.2) is 0 Å². The maximum absolute atomic E-state index is 6.11. The van der Waals surface area contributed by atoms with Crippen molar-refractivity contribution in [3.05, 3.63) is 48.5 Å². The van der Waals surface area contributed by atoms with Crippen LogP contribution in [0.3, 0.4) is 0 Å². The van der Waals surface area contributed by atoms with Crippen LogP contribution in [0.25, 0.3) is 0 Å². The highest BCUT2D eigenvalue weighted by Gasteiger charge is 2.55. The monoisotopic (exact) mass is 268 g/mol. The summed E-state index contributed by atoms with van der Waals surface area (Å²) in [4.78, 5) is 0. The van der Waals surface area contributed by atoms with Crippen LogP contribution >= 0.6 is 0 Å². The van der Waals surface area contributed by atoms with Crippen molar-refractivity contribution in [2.75, 3.05) is 10.6 Å². The van der Waals surface area contributed by atoms with Gasteiger partial charge in [0.2, 0.25) is 11.4 Å². The Bertz CT molecular complexity index is 574. The van der Waals surface area contributed by atoms with E-state index in [1.165, 1.54) is 0 Å². The molecular formula is C16H16N2O2. The maximum atomic E-state index is 6.11. The quantitative estimate of drug-likeness (QED) is 0.831. The van der Waals surface area contributed by atoms with E-state index < -0.39 is 11.4 Å². The second-order valence-corrected chi connectivity index (χ2v) is 5.51. The van der Waals surface area contributed by atoms with Crippen LogP contribution in [0.5, 0.6) is 11.5 Å². The zero-order valence-electron chi connectivity index (χ0n) is 11.4. The minimum absolute atomic E-state index is 0.685. The van der Waals surface area contributed by atoms with Crippen molar-refractivity contribution in [1.82, 2.24) is 0 Å². The molecule has 0 unspecified atom stereocenters. The van der Waals surface area contributed by atoms with Crippen molar-refractivity contribution in [2.45, 2.75) is 25.3 Å². The van der Waals surface area contributed by atoms with Gasteiger partial charge in [-0.2, -0.15) is 0 Å². The zero-order valence-corrected chi connectivity index (χ0v) is 11.4. The summed E-state index contributed by atoms with van der Waals surface area (Å²) in [6.07, 6.45) is 0. The van der Waals surface area contributed by atoms with E-state index in [4.69, 9.17) is 9.47 Å². The lowest BCUT2D eigenvalue weighted by Crippen LogP contribution is -2.63. The number of ether oxygens (including phenoxy) is 2. The molecule has 0 fully saturated rings. The molecule has 2 heterocycles. The third-order valence-electron chi connectivity index (χ3n) is 4.06. The van der Waals surface area contributed by atoms with Crippen LogP contribution in [0.1, 0.15) is 13.8 Å². The van der Waals surface area contributed by atoms with E-state index in [2.05, 4.69) is 10.6 Å². The van der Waals surface area contributed by atoms with Crippen molar-refractivity contribution < 1.29 is 9.47 Å². The number of rotatable bonds is 1. The van der Waals surface area contributed by atoms with Crippen molar-refractivity contribution in [3.63, 3.8) is 0 Å². The second-order valence-electron chi connectivity index (χ2n) is 5.51. The van der Waals surface area contributed by atoms with Gasteiger partial charge in [0, 0.05) is 13.8 Å². The first-order chi connectivity index (χ1) is 9.60.